The zero-order chi connectivity index (χ0) is 10.7. The van der Waals surface area contributed by atoms with E-state index in [1.807, 2.05) is 43.3 Å². The molecule has 0 spiro atoms. The van der Waals surface area contributed by atoms with Crippen molar-refractivity contribution in [2.24, 2.45) is 0 Å². The normalized spacial score (nSPS) is 9.64. The molecule has 0 radical (unpaired) electrons. The minimum atomic E-state index is 0.669. The van der Waals surface area contributed by atoms with Crippen LogP contribution in [-0.4, -0.2) is 28.8 Å². The lowest BCUT2D eigenvalue weighted by molar-refractivity contribution is 0.644. The highest BCUT2D eigenvalue weighted by Gasteiger charge is 2.08. The minimum Gasteiger partial charge on any atom is -0.368 e. The molecule has 0 amide bonds. The Morgan fingerprint density at radius 3 is 2.07 bits per heavy atom. The number of rotatable bonds is 2. The molecule has 0 atom stereocenters. The smallest absolute Gasteiger partial charge is 0.120 e. The fraction of sp³-hybridized carbons (Fsp3) is 0.200. The number of likely N-dealkylation sites (N-methyl/N-ethyl adjacent to an activating group) is 1. The van der Waals surface area contributed by atoms with Gasteiger partial charge in [0, 0.05) is 19.1 Å². The standard InChI is InChI=1S/C10H10ClNS2/c1-12(2)10(14)9(13)7-3-5-8(11)6-4-7/h3-6H,1-2H3. The summed E-state index contributed by atoms with van der Waals surface area (Å²) in [7, 11) is 3.76. The van der Waals surface area contributed by atoms with Crippen LogP contribution in [0.3, 0.4) is 0 Å². The summed E-state index contributed by atoms with van der Waals surface area (Å²) in [5.41, 5.74) is 0.933. The van der Waals surface area contributed by atoms with Crippen LogP contribution in [0.1, 0.15) is 5.56 Å². The molecule has 0 heterocycles. The number of hydrogen-bond donors (Lipinski definition) is 0. The van der Waals surface area contributed by atoms with Gasteiger partial charge in [0.15, 0.2) is 0 Å². The molecule has 1 aromatic rings. The molecule has 14 heavy (non-hydrogen) atoms. The van der Waals surface area contributed by atoms with Gasteiger partial charge in [-0.15, -0.1) is 0 Å². The van der Waals surface area contributed by atoms with Crippen molar-refractivity contribution >= 4 is 45.9 Å². The van der Waals surface area contributed by atoms with Gasteiger partial charge < -0.3 is 4.90 Å². The van der Waals surface area contributed by atoms with Crippen molar-refractivity contribution in [1.82, 2.24) is 4.90 Å². The van der Waals surface area contributed by atoms with Gasteiger partial charge in [-0.1, -0.05) is 48.2 Å². The number of halogens is 1. The quantitative estimate of drug-likeness (QED) is 0.581. The predicted octanol–water partition coefficient (Wildman–Crippen LogP) is 2.95. The molecule has 0 aliphatic rings. The van der Waals surface area contributed by atoms with E-state index >= 15 is 0 Å². The van der Waals surface area contributed by atoms with Gasteiger partial charge in [-0.05, 0) is 17.7 Å². The summed E-state index contributed by atoms with van der Waals surface area (Å²) < 4.78 is 0. The molecular formula is C10H10ClNS2. The molecule has 1 aromatic carbocycles. The Labute approximate surface area is 99.7 Å². The van der Waals surface area contributed by atoms with Gasteiger partial charge in [0.1, 0.15) is 4.99 Å². The number of hydrogen-bond acceptors (Lipinski definition) is 2. The lowest BCUT2D eigenvalue weighted by Gasteiger charge is -2.14. The van der Waals surface area contributed by atoms with Crippen molar-refractivity contribution in [2.75, 3.05) is 14.1 Å². The van der Waals surface area contributed by atoms with Gasteiger partial charge in [0.25, 0.3) is 0 Å². The average molecular weight is 244 g/mol. The van der Waals surface area contributed by atoms with E-state index in [0.29, 0.717) is 14.9 Å². The van der Waals surface area contributed by atoms with Gasteiger partial charge in [-0.2, -0.15) is 0 Å². The van der Waals surface area contributed by atoms with Gasteiger partial charge >= 0.3 is 0 Å². The van der Waals surface area contributed by atoms with Crippen molar-refractivity contribution in [3.63, 3.8) is 0 Å². The zero-order valence-corrected chi connectivity index (χ0v) is 10.3. The van der Waals surface area contributed by atoms with Gasteiger partial charge in [-0.3, -0.25) is 0 Å². The molecule has 0 N–H and O–H groups in total. The Bertz CT molecular complexity index is 357. The highest BCUT2D eigenvalue weighted by atomic mass is 35.5. The molecular weight excluding hydrogens is 234 g/mol. The van der Waals surface area contributed by atoms with E-state index in [1.54, 1.807) is 0 Å². The summed E-state index contributed by atoms with van der Waals surface area (Å²) in [5, 5.41) is 0.701. The summed E-state index contributed by atoms with van der Waals surface area (Å²) in [5.74, 6) is 0. The Morgan fingerprint density at radius 2 is 1.64 bits per heavy atom. The largest absolute Gasteiger partial charge is 0.368 e. The maximum Gasteiger partial charge on any atom is 0.120 e. The highest BCUT2D eigenvalue weighted by molar-refractivity contribution is 7.89. The van der Waals surface area contributed by atoms with E-state index in [1.165, 1.54) is 0 Å². The van der Waals surface area contributed by atoms with Crippen molar-refractivity contribution in [3.05, 3.63) is 34.9 Å². The lowest BCUT2D eigenvalue weighted by atomic mass is 10.1. The van der Waals surface area contributed by atoms with E-state index in [2.05, 4.69) is 0 Å². The summed E-state index contributed by atoms with van der Waals surface area (Å²) >= 11 is 16.2. The number of nitrogens with zero attached hydrogens (tertiary/aromatic N) is 1. The van der Waals surface area contributed by atoms with Crippen LogP contribution in [-0.2, 0) is 0 Å². The van der Waals surface area contributed by atoms with E-state index < -0.39 is 0 Å². The first-order valence-electron chi connectivity index (χ1n) is 4.04. The predicted molar refractivity (Wildman–Crippen MR) is 69.4 cm³/mol. The molecule has 0 bridgehead atoms. The van der Waals surface area contributed by atoms with Crippen LogP contribution >= 0.6 is 36.0 Å². The number of thiocarbonyl (C=S) groups is 2. The Balaban J connectivity index is 2.90. The van der Waals surface area contributed by atoms with Gasteiger partial charge in [-0.25, -0.2) is 0 Å². The second kappa shape index (κ2) is 4.82. The minimum absolute atomic E-state index is 0.669. The Hall–Kier alpha value is -0.510. The van der Waals surface area contributed by atoms with E-state index in [0.717, 1.165) is 5.56 Å². The Kier molecular flexibility index (Phi) is 3.98. The SMILES string of the molecule is CN(C)C(=S)C(=S)c1ccc(Cl)cc1. The molecule has 4 heteroatoms. The Morgan fingerprint density at radius 1 is 1.14 bits per heavy atom. The maximum atomic E-state index is 5.77. The van der Waals surface area contributed by atoms with Gasteiger partial charge in [0.05, 0.1) is 4.86 Å². The summed E-state index contributed by atoms with van der Waals surface area (Å²) in [6.07, 6.45) is 0. The van der Waals surface area contributed by atoms with Crippen LogP contribution in [0.2, 0.25) is 5.02 Å². The van der Waals surface area contributed by atoms with Crippen molar-refractivity contribution in [1.29, 1.82) is 0 Å². The van der Waals surface area contributed by atoms with Crippen LogP contribution in [0.4, 0.5) is 0 Å². The van der Waals surface area contributed by atoms with Crippen LogP contribution in [0.15, 0.2) is 24.3 Å². The molecule has 0 aliphatic carbocycles. The third-order valence-electron chi connectivity index (χ3n) is 1.71. The summed E-state index contributed by atoms with van der Waals surface area (Å²) in [6.45, 7) is 0. The van der Waals surface area contributed by atoms with Crippen LogP contribution in [0.5, 0.6) is 0 Å². The second-order valence-corrected chi connectivity index (χ2v) is 4.27. The molecule has 0 fully saturated rings. The average Bonchev–Trinajstić information content (AvgIpc) is 2.16. The van der Waals surface area contributed by atoms with Gasteiger partial charge in [0.2, 0.25) is 0 Å². The second-order valence-electron chi connectivity index (χ2n) is 3.04. The summed E-state index contributed by atoms with van der Waals surface area (Å²) in [6, 6.07) is 7.36. The van der Waals surface area contributed by atoms with E-state index in [9.17, 15) is 0 Å². The molecule has 0 unspecified atom stereocenters. The molecule has 0 aliphatic heterocycles. The number of benzene rings is 1. The highest BCUT2D eigenvalue weighted by Crippen LogP contribution is 2.11. The zero-order valence-electron chi connectivity index (χ0n) is 7.95. The fourth-order valence-corrected chi connectivity index (χ4v) is 1.49. The van der Waals surface area contributed by atoms with Crippen molar-refractivity contribution in [3.8, 4) is 0 Å². The van der Waals surface area contributed by atoms with Crippen molar-refractivity contribution in [2.45, 2.75) is 0 Å². The molecule has 0 aromatic heterocycles. The first kappa shape index (κ1) is 11.6. The van der Waals surface area contributed by atoms with Crippen LogP contribution in [0.25, 0.3) is 0 Å². The topological polar surface area (TPSA) is 3.24 Å². The van der Waals surface area contributed by atoms with Crippen molar-refractivity contribution < 1.29 is 0 Å². The molecule has 0 saturated heterocycles. The van der Waals surface area contributed by atoms with Crippen LogP contribution < -0.4 is 0 Å². The molecule has 1 nitrogen and oxygen atoms in total. The maximum absolute atomic E-state index is 5.77. The third kappa shape index (κ3) is 2.74. The van der Waals surface area contributed by atoms with E-state index in [-0.39, 0.29) is 0 Å². The van der Waals surface area contributed by atoms with E-state index in [4.69, 9.17) is 36.0 Å². The lowest BCUT2D eigenvalue weighted by Crippen LogP contribution is -2.27. The first-order valence-corrected chi connectivity index (χ1v) is 5.23. The first-order chi connectivity index (χ1) is 6.52. The molecule has 1 rings (SSSR count). The monoisotopic (exact) mass is 243 g/mol. The molecule has 0 saturated carbocycles. The fourth-order valence-electron chi connectivity index (χ4n) is 0.928. The van der Waals surface area contributed by atoms with Crippen LogP contribution in [0, 0.1) is 0 Å². The summed E-state index contributed by atoms with van der Waals surface area (Å²) in [4.78, 5) is 3.18. The third-order valence-corrected chi connectivity index (χ3v) is 3.09. The molecule has 74 valence electrons.